The van der Waals surface area contributed by atoms with Crippen LogP contribution in [0.1, 0.15) is 45.2 Å². The Bertz CT molecular complexity index is 445. The Hall–Kier alpha value is -1.02. The van der Waals surface area contributed by atoms with Crippen LogP contribution in [0.3, 0.4) is 0 Å². The maximum atomic E-state index is 3.62. The molecule has 0 radical (unpaired) electrons. The van der Waals surface area contributed by atoms with E-state index >= 15 is 0 Å². The highest BCUT2D eigenvalue weighted by Crippen LogP contribution is 2.28. The molecular formula is C18H30N2. The molecule has 0 bridgehead atoms. The summed E-state index contributed by atoms with van der Waals surface area (Å²) in [4.78, 5) is 2.58. The molecule has 0 aliphatic carbocycles. The standard InChI is InChI=1S/C18H30N2/c1-14-8-9-17-16(11-14)7-6-10-20(17)13-15(2)12-19-18(3,4)5/h8-9,11,15,19H,6-7,10,12-13H2,1-5H3. The Morgan fingerprint density at radius 3 is 2.75 bits per heavy atom. The van der Waals surface area contributed by atoms with Crippen molar-refractivity contribution in [3.63, 3.8) is 0 Å². The Morgan fingerprint density at radius 2 is 2.05 bits per heavy atom. The van der Waals surface area contributed by atoms with E-state index in [1.165, 1.54) is 36.2 Å². The van der Waals surface area contributed by atoms with E-state index in [-0.39, 0.29) is 5.54 Å². The van der Waals surface area contributed by atoms with Crippen LogP contribution >= 0.6 is 0 Å². The smallest absolute Gasteiger partial charge is 0.0399 e. The molecule has 0 saturated carbocycles. The lowest BCUT2D eigenvalue weighted by Crippen LogP contribution is -2.42. The summed E-state index contributed by atoms with van der Waals surface area (Å²) in [6.45, 7) is 14.7. The van der Waals surface area contributed by atoms with Gasteiger partial charge in [-0.25, -0.2) is 0 Å². The van der Waals surface area contributed by atoms with Crippen LogP contribution in [-0.2, 0) is 6.42 Å². The molecule has 0 spiro atoms. The van der Waals surface area contributed by atoms with Gasteiger partial charge in [-0.05, 0) is 64.6 Å². The van der Waals surface area contributed by atoms with Crippen LogP contribution in [0.25, 0.3) is 0 Å². The molecule has 112 valence electrons. The average Bonchev–Trinajstić information content (AvgIpc) is 2.35. The van der Waals surface area contributed by atoms with Gasteiger partial charge in [-0.15, -0.1) is 0 Å². The van der Waals surface area contributed by atoms with Crippen molar-refractivity contribution in [2.75, 3.05) is 24.5 Å². The summed E-state index contributed by atoms with van der Waals surface area (Å²) in [6.07, 6.45) is 2.53. The molecule has 0 fully saturated rings. The van der Waals surface area contributed by atoms with Crippen molar-refractivity contribution in [2.45, 2.75) is 53.0 Å². The molecule has 1 heterocycles. The topological polar surface area (TPSA) is 15.3 Å². The third-order valence-corrected chi connectivity index (χ3v) is 3.96. The summed E-state index contributed by atoms with van der Waals surface area (Å²) in [5.74, 6) is 0.668. The van der Waals surface area contributed by atoms with Crippen LogP contribution in [0, 0.1) is 12.8 Å². The van der Waals surface area contributed by atoms with Gasteiger partial charge < -0.3 is 10.2 Å². The SMILES string of the molecule is Cc1ccc2c(c1)CCCN2CC(C)CNC(C)(C)C. The monoisotopic (exact) mass is 274 g/mol. The van der Waals surface area contributed by atoms with Crippen molar-refractivity contribution < 1.29 is 0 Å². The fourth-order valence-corrected chi connectivity index (χ4v) is 2.91. The number of rotatable bonds is 4. The molecule has 0 aromatic heterocycles. The third kappa shape index (κ3) is 4.24. The first-order valence-electron chi connectivity index (χ1n) is 7.95. The highest BCUT2D eigenvalue weighted by Gasteiger charge is 2.19. The van der Waals surface area contributed by atoms with Crippen LogP contribution in [0.4, 0.5) is 5.69 Å². The van der Waals surface area contributed by atoms with E-state index in [9.17, 15) is 0 Å². The van der Waals surface area contributed by atoms with E-state index in [0.717, 1.165) is 13.1 Å². The molecule has 0 amide bonds. The first kappa shape index (κ1) is 15.4. The molecule has 1 atom stereocenters. The summed E-state index contributed by atoms with van der Waals surface area (Å²) in [6, 6.07) is 6.92. The second kappa shape index (κ2) is 6.17. The highest BCUT2D eigenvalue weighted by molar-refractivity contribution is 5.56. The molecular weight excluding hydrogens is 244 g/mol. The number of nitrogens with zero attached hydrogens (tertiary/aromatic N) is 1. The summed E-state index contributed by atoms with van der Waals surface area (Å²) in [7, 11) is 0. The number of aryl methyl sites for hydroxylation is 2. The second-order valence-corrected chi connectivity index (χ2v) is 7.42. The molecule has 1 N–H and O–H groups in total. The van der Waals surface area contributed by atoms with Crippen molar-refractivity contribution in [3.05, 3.63) is 29.3 Å². The maximum Gasteiger partial charge on any atom is 0.0399 e. The molecule has 1 aromatic carbocycles. The number of hydrogen-bond donors (Lipinski definition) is 1. The number of fused-ring (bicyclic) bond motifs is 1. The van der Waals surface area contributed by atoms with E-state index in [4.69, 9.17) is 0 Å². The molecule has 1 aliphatic heterocycles. The number of hydrogen-bond acceptors (Lipinski definition) is 2. The fraction of sp³-hybridized carbons (Fsp3) is 0.667. The lowest BCUT2D eigenvalue weighted by molar-refractivity contribution is 0.380. The first-order chi connectivity index (χ1) is 9.35. The Morgan fingerprint density at radius 1 is 1.30 bits per heavy atom. The molecule has 20 heavy (non-hydrogen) atoms. The van der Waals surface area contributed by atoms with Crippen LogP contribution in [-0.4, -0.2) is 25.2 Å². The molecule has 2 rings (SSSR count). The zero-order valence-electron chi connectivity index (χ0n) is 13.8. The maximum absolute atomic E-state index is 3.62. The summed E-state index contributed by atoms with van der Waals surface area (Å²) < 4.78 is 0. The van der Waals surface area contributed by atoms with E-state index in [0.29, 0.717) is 5.92 Å². The van der Waals surface area contributed by atoms with Gasteiger partial charge in [0.15, 0.2) is 0 Å². The van der Waals surface area contributed by atoms with Crippen LogP contribution in [0.5, 0.6) is 0 Å². The summed E-state index contributed by atoms with van der Waals surface area (Å²) in [5.41, 5.74) is 4.59. The van der Waals surface area contributed by atoms with E-state index in [1.807, 2.05) is 0 Å². The Labute approximate surface area is 124 Å². The van der Waals surface area contributed by atoms with Crippen LogP contribution in [0.15, 0.2) is 18.2 Å². The lowest BCUT2D eigenvalue weighted by Gasteiger charge is -2.34. The second-order valence-electron chi connectivity index (χ2n) is 7.42. The van der Waals surface area contributed by atoms with Gasteiger partial charge in [0.1, 0.15) is 0 Å². The molecule has 1 aromatic rings. The van der Waals surface area contributed by atoms with Gasteiger partial charge in [0.05, 0.1) is 0 Å². The van der Waals surface area contributed by atoms with Crippen molar-refractivity contribution in [1.82, 2.24) is 5.32 Å². The van der Waals surface area contributed by atoms with Crippen molar-refractivity contribution in [1.29, 1.82) is 0 Å². The predicted molar refractivity (Wildman–Crippen MR) is 88.6 cm³/mol. The van der Waals surface area contributed by atoms with Crippen molar-refractivity contribution in [3.8, 4) is 0 Å². The minimum atomic E-state index is 0.213. The van der Waals surface area contributed by atoms with Gasteiger partial charge in [0, 0.05) is 24.3 Å². The summed E-state index contributed by atoms with van der Waals surface area (Å²) in [5, 5.41) is 3.62. The molecule has 2 heteroatoms. The number of nitrogens with one attached hydrogen (secondary N) is 1. The van der Waals surface area contributed by atoms with E-state index in [2.05, 4.69) is 63.0 Å². The average molecular weight is 274 g/mol. The third-order valence-electron chi connectivity index (χ3n) is 3.96. The Balaban J connectivity index is 1.98. The zero-order valence-corrected chi connectivity index (χ0v) is 13.8. The normalized spacial score (nSPS) is 16.9. The summed E-state index contributed by atoms with van der Waals surface area (Å²) >= 11 is 0. The van der Waals surface area contributed by atoms with Gasteiger partial charge in [-0.3, -0.25) is 0 Å². The van der Waals surface area contributed by atoms with Crippen molar-refractivity contribution in [2.24, 2.45) is 5.92 Å². The minimum absolute atomic E-state index is 0.213. The Kier molecular flexibility index (Phi) is 4.74. The minimum Gasteiger partial charge on any atom is -0.371 e. The van der Waals surface area contributed by atoms with Gasteiger partial charge in [0.25, 0.3) is 0 Å². The highest BCUT2D eigenvalue weighted by atomic mass is 15.1. The number of anilines is 1. The largest absolute Gasteiger partial charge is 0.371 e. The quantitative estimate of drug-likeness (QED) is 0.899. The zero-order chi connectivity index (χ0) is 14.8. The van der Waals surface area contributed by atoms with Gasteiger partial charge in [-0.2, -0.15) is 0 Å². The number of benzene rings is 1. The lowest BCUT2D eigenvalue weighted by atomic mass is 9.98. The van der Waals surface area contributed by atoms with Gasteiger partial charge in [-0.1, -0.05) is 24.6 Å². The van der Waals surface area contributed by atoms with Crippen LogP contribution < -0.4 is 10.2 Å². The molecule has 2 nitrogen and oxygen atoms in total. The van der Waals surface area contributed by atoms with Crippen molar-refractivity contribution >= 4 is 5.69 Å². The molecule has 1 unspecified atom stereocenters. The van der Waals surface area contributed by atoms with Crippen LogP contribution in [0.2, 0.25) is 0 Å². The molecule has 1 aliphatic rings. The van der Waals surface area contributed by atoms with Gasteiger partial charge >= 0.3 is 0 Å². The fourth-order valence-electron chi connectivity index (χ4n) is 2.91. The van der Waals surface area contributed by atoms with E-state index in [1.54, 1.807) is 0 Å². The van der Waals surface area contributed by atoms with Gasteiger partial charge in [0.2, 0.25) is 0 Å². The molecule has 0 saturated heterocycles. The first-order valence-corrected chi connectivity index (χ1v) is 7.95. The van der Waals surface area contributed by atoms with E-state index < -0.39 is 0 Å². The predicted octanol–water partition coefficient (Wildman–Crippen LogP) is 3.77.